The summed E-state index contributed by atoms with van der Waals surface area (Å²) in [7, 11) is 0. The first-order valence-electron chi connectivity index (χ1n) is 9.27. The number of aromatic nitrogens is 2. The Morgan fingerprint density at radius 1 is 1.07 bits per heavy atom. The third-order valence-electron chi connectivity index (χ3n) is 4.04. The van der Waals surface area contributed by atoms with Crippen LogP contribution in [0.1, 0.15) is 52.2 Å². The second-order valence-corrected chi connectivity index (χ2v) is 6.62. The molecule has 0 saturated heterocycles. The Balaban J connectivity index is 1.86. The number of esters is 1. The van der Waals surface area contributed by atoms with Crippen LogP contribution in [0.2, 0.25) is 0 Å². The number of pyridine rings is 1. The zero-order valence-electron chi connectivity index (χ0n) is 16.4. The summed E-state index contributed by atoms with van der Waals surface area (Å²) in [5.74, 6) is -1.11. The molecule has 0 atom stereocenters. The summed E-state index contributed by atoms with van der Waals surface area (Å²) >= 11 is 0. The van der Waals surface area contributed by atoms with Gasteiger partial charge in [0.25, 0.3) is 11.8 Å². The maximum absolute atomic E-state index is 12.8. The van der Waals surface area contributed by atoms with Crippen LogP contribution in [-0.2, 0) is 4.74 Å². The predicted octanol–water partition coefficient (Wildman–Crippen LogP) is 2.90. The molecular weight excluding hydrogens is 372 g/mol. The van der Waals surface area contributed by atoms with Gasteiger partial charge in [-0.3, -0.25) is 14.0 Å². The second kappa shape index (κ2) is 8.55. The average molecular weight is 394 g/mol. The van der Waals surface area contributed by atoms with E-state index < -0.39 is 11.9 Å². The van der Waals surface area contributed by atoms with Crippen molar-refractivity contribution in [3.05, 3.63) is 65.7 Å². The third-order valence-corrected chi connectivity index (χ3v) is 4.04. The fourth-order valence-electron chi connectivity index (χ4n) is 2.79. The predicted molar refractivity (Wildman–Crippen MR) is 108 cm³/mol. The minimum atomic E-state index is -0.457. The monoisotopic (exact) mass is 394 g/mol. The number of hydrogen-bond acceptors (Lipinski definition) is 5. The van der Waals surface area contributed by atoms with Crippen molar-refractivity contribution in [1.29, 1.82) is 0 Å². The molecule has 3 rings (SSSR count). The van der Waals surface area contributed by atoms with Gasteiger partial charge in [0.15, 0.2) is 5.69 Å². The van der Waals surface area contributed by atoms with E-state index in [2.05, 4.69) is 15.6 Å². The van der Waals surface area contributed by atoms with Crippen molar-refractivity contribution < 1.29 is 19.1 Å². The molecule has 0 bridgehead atoms. The highest BCUT2D eigenvalue weighted by atomic mass is 16.5. The van der Waals surface area contributed by atoms with Crippen LogP contribution >= 0.6 is 0 Å². The van der Waals surface area contributed by atoms with Crippen LogP contribution in [0.15, 0.2) is 48.7 Å². The van der Waals surface area contributed by atoms with Crippen LogP contribution in [0, 0.1) is 0 Å². The van der Waals surface area contributed by atoms with Gasteiger partial charge in [0.2, 0.25) is 5.82 Å². The maximum Gasteiger partial charge on any atom is 0.338 e. The van der Waals surface area contributed by atoms with E-state index in [1.807, 2.05) is 13.8 Å². The highest BCUT2D eigenvalue weighted by Crippen LogP contribution is 2.17. The zero-order valence-corrected chi connectivity index (χ0v) is 16.4. The Morgan fingerprint density at radius 2 is 1.79 bits per heavy atom. The summed E-state index contributed by atoms with van der Waals surface area (Å²) in [6.07, 6.45) is 1.68. The van der Waals surface area contributed by atoms with Crippen molar-refractivity contribution in [1.82, 2.24) is 14.7 Å². The van der Waals surface area contributed by atoms with Gasteiger partial charge in [-0.2, -0.15) is 0 Å². The number of nitrogens with one attached hydrogen (secondary N) is 2. The summed E-state index contributed by atoms with van der Waals surface area (Å²) in [6.45, 7) is 5.72. The van der Waals surface area contributed by atoms with Crippen molar-refractivity contribution >= 4 is 29.0 Å². The van der Waals surface area contributed by atoms with Crippen LogP contribution in [0.3, 0.4) is 0 Å². The van der Waals surface area contributed by atoms with E-state index in [-0.39, 0.29) is 30.1 Å². The van der Waals surface area contributed by atoms with Gasteiger partial charge in [-0.15, -0.1) is 0 Å². The zero-order chi connectivity index (χ0) is 21.0. The number of anilines is 1. The highest BCUT2D eigenvalue weighted by molar-refractivity contribution is 6.09. The van der Waals surface area contributed by atoms with Gasteiger partial charge in [0.05, 0.1) is 17.7 Å². The van der Waals surface area contributed by atoms with Gasteiger partial charge < -0.3 is 15.4 Å². The molecule has 29 heavy (non-hydrogen) atoms. The number of imidazole rings is 1. The molecule has 2 heterocycles. The summed E-state index contributed by atoms with van der Waals surface area (Å²) in [4.78, 5) is 41.2. The molecule has 0 fully saturated rings. The Kier molecular flexibility index (Phi) is 5.92. The highest BCUT2D eigenvalue weighted by Gasteiger charge is 2.22. The molecule has 0 spiro atoms. The van der Waals surface area contributed by atoms with E-state index in [9.17, 15) is 14.4 Å². The number of rotatable bonds is 6. The Hall–Kier alpha value is -3.68. The van der Waals surface area contributed by atoms with Crippen LogP contribution in [0.5, 0.6) is 0 Å². The standard InChI is InChI=1S/C21H22N4O4/c1-4-29-21(28)14-8-10-15(11-9-14)23-19(26)17-16-7-5-6-12-25(16)18(24-17)20(27)22-13(2)3/h5-13H,4H2,1-3H3,(H,22,27)(H,23,26). The average Bonchev–Trinajstić information content (AvgIpc) is 3.08. The minimum Gasteiger partial charge on any atom is -0.462 e. The topological polar surface area (TPSA) is 102 Å². The molecule has 2 amide bonds. The molecule has 150 valence electrons. The number of nitrogens with zero attached hydrogens (tertiary/aromatic N) is 2. The number of hydrogen-bond donors (Lipinski definition) is 2. The summed E-state index contributed by atoms with van der Waals surface area (Å²) in [6, 6.07) is 11.5. The summed E-state index contributed by atoms with van der Waals surface area (Å²) in [5.41, 5.74) is 1.54. The number of carbonyl (C=O) groups is 3. The fourth-order valence-corrected chi connectivity index (χ4v) is 2.79. The molecule has 0 aliphatic heterocycles. The van der Waals surface area contributed by atoms with E-state index in [1.165, 1.54) is 0 Å². The largest absolute Gasteiger partial charge is 0.462 e. The molecule has 3 aromatic rings. The first-order valence-corrected chi connectivity index (χ1v) is 9.27. The molecule has 8 heteroatoms. The van der Waals surface area contributed by atoms with E-state index in [0.29, 0.717) is 16.8 Å². The molecule has 0 aliphatic rings. The quantitative estimate of drug-likeness (QED) is 0.626. The number of ether oxygens (including phenoxy) is 1. The number of carbonyl (C=O) groups excluding carboxylic acids is 3. The van der Waals surface area contributed by atoms with E-state index >= 15 is 0 Å². The Morgan fingerprint density at radius 3 is 2.45 bits per heavy atom. The smallest absolute Gasteiger partial charge is 0.338 e. The van der Waals surface area contributed by atoms with Gasteiger partial charge in [-0.1, -0.05) is 6.07 Å². The summed E-state index contributed by atoms with van der Waals surface area (Å²) < 4.78 is 6.52. The molecule has 1 aromatic carbocycles. The molecule has 8 nitrogen and oxygen atoms in total. The number of amides is 2. The first kappa shape index (κ1) is 20.1. The van der Waals surface area contributed by atoms with Gasteiger partial charge in [-0.05, 0) is 57.2 Å². The lowest BCUT2D eigenvalue weighted by molar-refractivity contribution is 0.0526. The fraction of sp³-hybridized carbons (Fsp3) is 0.238. The minimum absolute atomic E-state index is 0.0613. The number of fused-ring (bicyclic) bond motifs is 1. The Bertz CT molecular complexity index is 1050. The van der Waals surface area contributed by atoms with Crippen molar-refractivity contribution in [2.75, 3.05) is 11.9 Å². The molecule has 0 unspecified atom stereocenters. The normalized spacial score (nSPS) is 10.8. The van der Waals surface area contributed by atoms with E-state index in [0.717, 1.165) is 0 Å². The molecule has 2 N–H and O–H groups in total. The van der Waals surface area contributed by atoms with Crippen LogP contribution in [0.25, 0.3) is 5.52 Å². The first-order chi connectivity index (χ1) is 13.9. The van der Waals surface area contributed by atoms with Gasteiger partial charge in [0, 0.05) is 17.9 Å². The third kappa shape index (κ3) is 4.43. The lowest BCUT2D eigenvalue weighted by atomic mass is 10.2. The van der Waals surface area contributed by atoms with Gasteiger partial charge in [0.1, 0.15) is 0 Å². The Labute approximate surface area is 167 Å². The van der Waals surface area contributed by atoms with Crippen molar-refractivity contribution in [3.8, 4) is 0 Å². The second-order valence-electron chi connectivity index (χ2n) is 6.62. The van der Waals surface area contributed by atoms with Gasteiger partial charge in [-0.25, -0.2) is 9.78 Å². The SMILES string of the molecule is CCOC(=O)c1ccc(NC(=O)c2nc(C(=O)NC(C)C)n3ccccc23)cc1. The molecule has 0 radical (unpaired) electrons. The van der Waals surface area contributed by atoms with Crippen molar-refractivity contribution in [2.45, 2.75) is 26.8 Å². The van der Waals surface area contributed by atoms with E-state index in [1.54, 1.807) is 60.0 Å². The lowest BCUT2D eigenvalue weighted by Crippen LogP contribution is -2.31. The molecule has 0 saturated carbocycles. The van der Waals surface area contributed by atoms with Gasteiger partial charge >= 0.3 is 5.97 Å². The van der Waals surface area contributed by atoms with Crippen LogP contribution in [-0.4, -0.2) is 39.8 Å². The van der Waals surface area contributed by atoms with Crippen LogP contribution in [0.4, 0.5) is 5.69 Å². The molecule has 0 aliphatic carbocycles. The van der Waals surface area contributed by atoms with Crippen molar-refractivity contribution in [3.63, 3.8) is 0 Å². The van der Waals surface area contributed by atoms with E-state index in [4.69, 9.17) is 4.74 Å². The maximum atomic E-state index is 12.8. The number of benzene rings is 1. The lowest BCUT2D eigenvalue weighted by Gasteiger charge is -2.06. The van der Waals surface area contributed by atoms with Crippen molar-refractivity contribution in [2.24, 2.45) is 0 Å². The van der Waals surface area contributed by atoms with Crippen LogP contribution < -0.4 is 10.6 Å². The summed E-state index contributed by atoms with van der Waals surface area (Å²) in [5, 5.41) is 5.53. The molecule has 2 aromatic heterocycles. The molecular formula is C21H22N4O4.